The first-order valence-electron chi connectivity index (χ1n) is 9.94. The van der Waals surface area contributed by atoms with Gasteiger partial charge in [0.2, 0.25) is 0 Å². The number of carbonyl (C=O) groups excluding carboxylic acids is 1. The van der Waals surface area contributed by atoms with Gasteiger partial charge < -0.3 is 19.4 Å². The highest BCUT2D eigenvalue weighted by molar-refractivity contribution is 9.10. The van der Waals surface area contributed by atoms with Gasteiger partial charge in [0.15, 0.2) is 10.4 Å². The lowest BCUT2D eigenvalue weighted by Crippen LogP contribution is -2.35. The van der Waals surface area contributed by atoms with Crippen molar-refractivity contribution >= 4 is 33.2 Å². The highest BCUT2D eigenvalue weighted by Crippen LogP contribution is 2.31. The number of piperidine rings is 1. The summed E-state index contributed by atoms with van der Waals surface area (Å²) >= 11 is 3.26. The van der Waals surface area contributed by atoms with Gasteiger partial charge in [0.1, 0.15) is 0 Å². The average Bonchev–Trinajstić information content (AvgIpc) is 3.16. The number of nitrogens with one attached hydrogen (secondary N) is 1. The summed E-state index contributed by atoms with van der Waals surface area (Å²) in [6.45, 7) is 6.35. The molecule has 2 aliphatic rings. The zero-order chi connectivity index (χ0) is 19.3. The highest BCUT2D eigenvalue weighted by atomic mass is 79.9. The van der Waals surface area contributed by atoms with E-state index in [2.05, 4.69) is 49.2 Å². The van der Waals surface area contributed by atoms with Crippen LogP contribution in [0.15, 0.2) is 39.4 Å². The summed E-state index contributed by atoms with van der Waals surface area (Å²) in [6, 6.07) is 9.84. The lowest BCUT2D eigenvalue weighted by atomic mass is 10.1. The first kappa shape index (κ1) is 19.5. The maximum Gasteiger partial charge on any atom is 0.291 e. The predicted octanol–water partition coefficient (Wildman–Crippen LogP) is 4.12. The number of nitrogens with zero attached hydrogens (tertiary/aromatic N) is 2. The van der Waals surface area contributed by atoms with Gasteiger partial charge in [-0.1, -0.05) is 6.07 Å². The Kier molecular flexibility index (Phi) is 6.34. The number of halogens is 1. The molecule has 28 heavy (non-hydrogen) atoms. The lowest BCUT2D eigenvalue weighted by molar-refractivity contribution is 0.0342. The quantitative estimate of drug-likeness (QED) is 0.746. The summed E-state index contributed by atoms with van der Waals surface area (Å²) in [6.07, 6.45) is 3.65. The number of amides is 1. The monoisotopic (exact) mass is 447 g/mol. The van der Waals surface area contributed by atoms with Crippen molar-refractivity contribution in [2.45, 2.75) is 25.8 Å². The minimum absolute atomic E-state index is 0.229. The Balaban J connectivity index is 1.57. The SMILES string of the molecule is O=C(Nc1cc(CN2CCOCC2)ccc1N1CCCCC1)c1ccc(Br)o1. The number of morpholine rings is 1. The Labute approximate surface area is 173 Å². The van der Waals surface area contributed by atoms with E-state index in [4.69, 9.17) is 9.15 Å². The van der Waals surface area contributed by atoms with E-state index in [-0.39, 0.29) is 5.91 Å². The third kappa shape index (κ3) is 4.77. The van der Waals surface area contributed by atoms with Crippen LogP contribution in [0.3, 0.4) is 0 Å². The number of ether oxygens (including phenoxy) is 1. The van der Waals surface area contributed by atoms with Gasteiger partial charge >= 0.3 is 0 Å². The van der Waals surface area contributed by atoms with Crippen LogP contribution < -0.4 is 10.2 Å². The molecule has 0 atom stereocenters. The van der Waals surface area contributed by atoms with E-state index in [9.17, 15) is 4.79 Å². The highest BCUT2D eigenvalue weighted by Gasteiger charge is 2.19. The summed E-state index contributed by atoms with van der Waals surface area (Å²) in [7, 11) is 0. The molecule has 4 rings (SSSR count). The maximum atomic E-state index is 12.7. The minimum atomic E-state index is -0.229. The molecule has 2 saturated heterocycles. The molecule has 150 valence electrons. The van der Waals surface area contributed by atoms with Crippen molar-refractivity contribution < 1.29 is 13.9 Å². The third-order valence-electron chi connectivity index (χ3n) is 5.31. The molecule has 0 aliphatic carbocycles. The van der Waals surface area contributed by atoms with Gasteiger partial charge in [0.25, 0.3) is 5.91 Å². The molecule has 0 spiro atoms. The second kappa shape index (κ2) is 9.11. The Bertz CT molecular complexity index is 811. The molecule has 2 aromatic rings. The van der Waals surface area contributed by atoms with Gasteiger partial charge in [-0.2, -0.15) is 0 Å². The Morgan fingerprint density at radius 3 is 2.54 bits per heavy atom. The number of rotatable bonds is 5. The zero-order valence-corrected chi connectivity index (χ0v) is 17.5. The van der Waals surface area contributed by atoms with Crippen LogP contribution in [-0.4, -0.2) is 50.2 Å². The molecule has 1 aromatic heterocycles. The third-order valence-corrected chi connectivity index (χ3v) is 5.74. The summed E-state index contributed by atoms with van der Waals surface area (Å²) in [4.78, 5) is 17.4. The van der Waals surface area contributed by atoms with Crippen LogP contribution in [0.5, 0.6) is 0 Å². The van der Waals surface area contributed by atoms with Crippen LogP contribution in [0, 0.1) is 0 Å². The first-order valence-corrected chi connectivity index (χ1v) is 10.7. The number of carbonyl (C=O) groups is 1. The van der Waals surface area contributed by atoms with E-state index in [1.54, 1.807) is 12.1 Å². The van der Waals surface area contributed by atoms with Crippen LogP contribution in [-0.2, 0) is 11.3 Å². The predicted molar refractivity (Wildman–Crippen MR) is 113 cm³/mol. The number of furan rings is 1. The average molecular weight is 448 g/mol. The van der Waals surface area contributed by atoms with E-state index in [1.165, 1.54) is 24.8 Å². The molecule has 0 bridgehead atoms. The minimum Gasteiger partial charge on any atom is -0.444 e. The van der Waals surface area contributed by atoms with Crippen LogP contribution in [0.1, 0.15) is 35.4 Å². The fourth-order valence-corrected chi connectivity index (χ4v) is 4.14. The number of anilines is 2. The van der Waals surface area contributed by atoms with Crippen LogP contribution in [0.4, 0.5) is 11.4 Å². The fraction of sp³-hybridized carbons (Fsp3) is 0.476. The standard InChI is InChI=1S/C21H26BrN3O3/c22-20-7-6-19(28-20)21(26)23-17-14-16(15-24-10-12-27-13-11-24)4-5-18(17)25-8-2-1-3-9-25/h4-7,14H,1-3,8-13,15H2,(H,23,26). The van der Waals surface area contributed by atoms with Crippen molar-refractivity contribution in [2.75, 3.05) is 49.6 Å². The van der Waals surface area contributed by atoms with E-state index in [0.29, 0.717) is 10.4 Å². The van der Waals surface area contributed by atoms with E-state index in [0.717, 1.165) is 57.3 Å². The largest absolute Gasteiger partial charge is 0.444 e. The van der Waals surface area contributed by atoms with Crippen LogP contribution in [0.2, 0.25) is 0 Å². The van der Waals surface area contributed by atoms with Crippen molar-refractivity contribution in [1.82, 2.24) is 4.90 Å². The number of hydrogen-bond acceptors (Lipinski definition) is 5. The molecular formula is C21H26BrN3O3. The van der Waals surface area contributed by atoms with E-state index in [1.807, 2.05) is 0 Å². The first-order chi connectivity index (χ1) is 13.7. The van der Waals surface area contributed by atoms with Crippen LogP contribution >= 0.6 is 15.9 Å². The van der Waals surface area contributed by atoms with E-state index < -0.39 is 0 Å². The van der Waals surface area contributed by atoms with Crippen LogP contribution in [0.25, 0.3) is 0 Å². The van der Waals surface area contributed by atoms with Gasteiger partial charge in [-0.3, -0.25) is 9.69 Å². The zero-order valence-electron chi connectivity index (χ0n) is 16.0. The van der Waals surface area contributed by atoms with Gasteiger partial charge in [-0.15, -0.1) is 0 Å². The Morgan fingerprint density at radius 1 is 1.04 bits per heavy atom. The van der Waals surface area contributed by atoms with Gasteiger partial charge in [-0.25, -0.2) is 0 Å². The van der Waals surface area contributed by atoms with Crippen molar-refractivity contribution in [2.24, 2.45) is 0 Å². The number of benzene rings is 1. The summed E-state index contributed by atoms with van der Waals surface area (Å²) in [5, 5.41) is 3.08. The summed E-state index contributed by atoms with van der Waals surface area (Å²) < 4.78 is 11.4. The maximum absolute atomic E-state index is 12.7. The molecule has 0 unspecified atom stereocenters. The molecule has 2 fully saturated rings. The fourth-order valence-electron chi connectivity index (χ4n) is 3.83. The van der Waals surface area contributed by atoms with Crippen molar-refractivity contribution in [3.63, 3.8) is 0 Å². The molecule has 7 heteroatoms. The Morgan fingerprint density at radius 2 is 1.82 bits per heavy atom. The molecule has 6 nitrogen and oxygen atoms in total. The van der Waals surface area contributed by atoms with Gasteiger partial charge in [0.05, 0.1) is 24.6 Å². The second-order valence-corrected chi connectivity index (χ2v) is 8.13. The number of hydrogen-bond donors (Lipinski definition) is 1. The molecule has 1 aromatic carbocycles. The van der Waals surface area contributed by atoms with E-state index >= 15 is 0 Å². The van der Waals surface area contributed by atoms with Crippen molar-refractivity contribution in [1.29, 1.82) is 0 Å². The molecule has 0 radical (unpaired) electrons. The summed E-state index contributed by atoms with van der Waals surface area (Å²) in [5.74, 6) is 0.0718. The molecule has 0 saturated carbocycles. The summed E-state index contributed by atoms with van der Waals surface area (Å²) in [5.41, 5.74) is 3.13. The second-order valence-electron chi connectivity index (χ2n) is 7.35. The smallest absolute Gasteiger partial charge is 0.291 e. The van der Waals surface area contributed by atoms with Crippen molar-refractivity contribution in [3.05, 3.63) is 46.3 Å². The lowest BCUT2D eigenvalue weighted by Gasteiger charge is -2.31. The molecule has 3 heterocycles. The topological polar surface area (TPSA) is 58.0 Å². The molecule has 1 N–H and O–H groups in total. The van der Waals surface area contributed by atoms with Gasteiger partial charge in [0, 0.05) is 32.7 Å². The van der Waals surface area contributed by atoms with Crippen molar-refractivity contribution in [3.8, 4) is 0 Å². The molecule has 1 amide bonds. The normalized spacial score (nSPS) is 18.2. The molecule has 2 aliphatic heterocycles. The van der Waals surface area contributed by atoms with Gasteiger partial charge in [-0.05, 0) is 65.0 Å². The molecular weight excluding hydrogens is 422 g/mol. The Hall–Kier alpha value is -1.83.